The Kier molecular flexibility index (Phi) is 3.42. The molecule has 1 amide bonds. The lowest BCUT2D eigenvalue weighted by atomic mass is 9.82. The van der Waals surface area contributed by atoms with E-state index in [9.17, 15) is 27.9 Å². The van der Waals surface area contributed by atoms with E-state index >= 15 is 0 Å². The largest absolute Gasteiger partial charge is 0.550 e. The fraction of sp³-hybridized carbons (Fsp3) is 0.333. The molecule has 116 valence electrons. The fourth-order valence-corrected chi connectivity index (χ4v) is 3.34. The van der Waals surface area contributed by atoms with Crippen molar-refractivity contribution >= 4 is 17.6 Å². The molecule has 2 bridgehead atoms. The number of fused-ring (bicyclic) bond motifs is 2. The van der Waals surface area contributed by atoms with Crippen molar-refractivity contribution in [3.8, 4) is 0 Å². The number of carbonyl (C=O) groups is 2. The zero-order chi connectivity index (χ0) is 16.0. The number of halogens is 3. The summed E-state index contributed by atoms with van der Waals surface area (Å²) in [5.74, 6) is -9.14. The highest BCUT2D eigenvalue weighted by Gasteiger charge is 2.48. The molecule has 1 fully saturated rings. The Morgan fingerprint density at radius 3 is 2.32 bits per heavy atom. The standard InChI is InChI=1S/C15H12F3NO3/c16-8-3-4-9(13(18)12(8)17)19-14(20)10-6-1-2-7(5-6)11(10)15(21)22/h1-4,6-7,10-11H,5H2,(H,19,20)(H,21,22)/p-1/t6-,7+,10+,11+/m1/s1. The van der Waals surface area contributed by atoms with Crippen LogP contribution in [0.2, 0.25) is 0 Å². The Hall–Kier alpha value is -2.31. The van der Waals surface area contributed by atoms with E-state index in [-0.39, 0.29) is 11.8 Å². The third kappa shape index (κ3) is 2.17. The molecule has 0 spiro atoms. The van der Waals surface area contributed by atoms with Crippen LogP contribution in [-0.2, 0) is 9.59 Å². The zero-order valence-electron chi connectivity index (χ0n) is 11.2. The van der Waals surface area contributed by atoms with E-state index < -0.39 is 46.9 Å². The molecule has 0 heterocycles. The highest BCUT2D eigenvalue weighted by atomic mass is 19.2. The average molecular weight is 310 g/mol. The Labute approximate surface area is 123 Å². The SMILES string of the molecule is O=C(Nc1ccc(F)c(F)c1F)[C@@H]1[C@@H](C(=O)[O-])[C@H]2C=C[C@@H]1C2. The van der Waals surface area contributed by atoms with Gasteiger partial charge < -0.3 is 15.2 Å². The van der Waals surface area contributed by atoms with Crippen molar-refractivity contribution in [3.05, 3.63) is 41.7 Å². The number of carboxylic acids is 1. The Bertz CT molecular complexity index is 689. The van der Waals surface area contributed by atoms with Crippen LogP contribution in [0.5, 0.6) is 0 Å². The predicted octanol–water partition coefficient (Wildman–Crippen LogP) is 1.23. The van der Waals surface area contributed by atoms with Crippen LogP contribution in [-0.4, -0.2) is 11.9 Å². The molecule has 1 aromatic carbocycles. The van der Waals surface area contributed by atoms with Crippen molar-refractivity contribution in [2.45, 2.75) is 6.42 Å². The lowest BCUT2D eigenvalue weighted by molar-refractivity contribution is -0.313. The van der Waals surface area contributed by atoms with Gasteiger partial charge >= 0.3 is 0 Å². The summed E-state index contributed by atoms with van der Waals surface area (Å²) in [5, 5.41) is 13.4. The smallest absolute Gasteiger partial charge is 0.228 e. The molecular formula is C15H11F3NO3-. The van der Waals surface area contributed by atoms with Crippen LogP contribution in [0.1, 0.15) is 6.42 Å². The van der Waals surface area contributed by atoms with Gasteiger partial charge in [-0.3, -0.25) is 4.79 Å². The molecule has 0 radical (unpaired) electrons. The summed E-state index contributed by atoms with van der Waals surface area (Å²) in [7, 11) is 0. The molecule has 0 saturated heterocycles. The van der Waals surface area contributed by atoms with Gasteiger partial charge in [-0.25, -0.2) is 13.2 Å². The first kappa shape index (κ1) is 14.6. The van der Waals surface area contributed by atoms with Gasteiger partial charge in [0.1, 0.15) is 0 Å². The number of rotatable bonds is 3. The summed E-state index contributed by atoms with van der Waals surface area (Å²) >= 11 is 0. The number of carboxylic acid groups (broad SMARTS) is 1. The Morgan fingerprint density at radius 1 is 1.05 bits per heavy atom. The van der Waals surface area contributed by atoms with E-state index in [4.69, 9.17) is 0 Å². The number of carbonyl (C=O) groups excluding carboxylic acids is 2. The maximum Gasteiger partial charge on any atom is 0.228 e. The summed E-state index contributed by atoms with van der Waals surface area (Å²) in [4.78, 5) is 23.5. The van der Waals surface area contributed by atoms with E-state index in [1.807, 2.05) is 0 Å². The predicted molar refractivity (Wildman–Crippen MR) is 67.7 cm³/mol. The molecule has 2 aliphatic rings. The van der Waals surface area contributed by atoms with Crippen molar-refractivity contribution in [2.24, 2.45) is 23.7 Å². The third-order valence-corrected chi connectivity index (χ3v) is 4.33. The van der Waals surface area contributed by atoms with Crippen molar-refractivity contribution in [2.75, 3.05) is 5.32 Å². The van der Waals surface area contributed by atoms with Crippen LogP contribution in [0.4, 0.5) is 18.9 Å². The van der Waals surface area contributed by atoms with Crippen LogP contribution in [0.3, 0.4) is 0 Å². The maximum absolute atomic E-state index is 13.6. The Balaban J connectivity index is 1.85. The molecule has 0 aromatic heterocycles. The topological polar surface area (TPSA) is 69.2 Å². The molecular weight excluding hydrogens is 299 g/mol. The van der Waals surface area contributed by atoms with E-state index in [1.54, 1.807) is 12.2 Å². The van der Waals surface area contributed by atoms with E-state index in [0.29, 0.717) is 12.5 Å². The molecule has 1 aromatic rings. The summed E-state index contributed by atoms with van der Waals surface area (Å²) in [6, 6.07) is 1.58. The zero-order valence-corrected chi connectivity index (χ0v) is 11.2. The number of allylic oxidation sites excluding steroid dienone is 2. The summed E-state index contributed by atoms with van der Waals surface area (Å²) in [6.07, 6.45) is 3.99. The lowest BCUT2D eigenvalue weighted by Gasteiger charge is -2.27. The van der Waals surface area contributed by atoms with Gasteiger partial charge in [-0.15, -0.1) is 0 Å². The van der Waals surface area contributed by atoms with Gasteiger partial charge in [0, 0.05) is 11.9 Å². The molecule has 22 heavy (non-hydrogen) atoms. The van der Waals surface area contributed by atoms with Crippen molar-refractivity contribution < 1.29 is 27.9 Å². The van der Waals surface area contributed by atoms with Gasteiger partial charge in [-0.1, -0.05) is 12.2 Å². The van der Waals surface area contributed by atoms with Crippen LogP contribution < -0.4 is 10.4 Å². The average Bonchev–Trinajstić information content (AvgIpc) is 3.08. The van der Waals surface area contributed by atoms with E-state index in [1.165, 1.54) is 0 Å². The number of anilines is 1. The highest BCUT2D eigenvalue weighted by Crippen LogP contribution is 2.48. The van der Waals surface area contributed by atoms with Gasteiger partial charge in [0.25, 0.3) is 0 Å². The monoisotopic (exact) mass is 310 g/mol. The minimum atomic E-state index is -1.69. The first-order valence-corrected chi connectivity index (χ1v) is 6.73. The molecule has 1 saturated carbocycles. The normalized spacial score (nSPS) is 28.9. The number of nitrogens with one attached hydrogen (secondary N) is 1. The number of hydrogen-bond acceptors (Lipinski definition) is 3. The first-order chi connectivity index (χ1) is 10.4. The summed E-state index contributed by atoms with van der Waals surface area (Å²) < 4.78 is 39.6. The van der Waals surface area contributed by atoms with Gasteiger partial charge in [0.15, 0.2) is 17.5 Å². The van der Waals surface area contributed by atoms with Crippen molar-refractivity contribution in [1.82, 2.24) is 0 Å². The summed E-state index contributed by atoms with van der Waals surface area (Å²) in [5.41, 5.74) is -0.521. The maximum atomic E-state index is 13.6. The molecule has 0 aliphatic heterocycles. The van der Waals surface area contributed by atoms with Crippen LogP contribution in [0.15, 0.2) is 24.3 Å². The van der Waals surface area contributed by atoms with Crippen LogP contribution >= 0.6 is 0 Å². The van der Waals surface area contributed by atoms with Crippen LogP contribution in [0, 0.1) is 41.1 Å². The van der Waals surface area contributed by atoms with Gasteiger partial charge in [-0.05, 0) is 30.4 Å². The van der Waals surface area contributed by atoms with Crippen molar-refractivity contribution in [3.63, 3.8) is 0 Å². The van der Waals surface area contributed by atoms with Gasteiger partial charge in [-0.2, -0.15) is 0 Å². The molecule has 4 atom stereocenters. The quantitative estimate of drug-likeness (QED) is 0.674. The number of aliphatic carboxylic acids is 1. The molecule has 4 nitrogen and oxygen atoms in total. The third-order valence-electron chi connectivity index (χ3n) is 4.33. The minimum absolute atomic E-state index is 0.277. The Morgan fingerprint density at radius 2 is 1.68 bits per heavy atom. The molecule has 1 N–H and O–H groups in total. The molecule has 0 unspecified atom stereocenters. The molecule has 7 heteroatoms. The van der Waals surface area contributed by atoms with Crippen molar-refractivity contribution in [1.29, 1.82) is 0 Å². The second-order valence-electron chi connectivity index (χ2n) is 5.53. The van der Waals surface area contributed by atoms with Gasteiger partial charge in [0.2, 0.25) is 5.91 Å². The fourth-order valence-electron chi connectivity index (χ4n) is 3.34. The number of amides is 1. The number of hydrogen-bond donors (Lipinski definition) is 1. The van der Waals surface area contributed by atoms with Crippen LogP contribution in [0.25, 0.3) is 0 Å². The highest BCUT2D eigenvalue weighted by molar-refractivity contribution is 5.96. The van der Waals surface area contributed by atoms with Gasteiger partial charge in [0.05, 0.1) is 11.6 Å². The second-order valence-corrected chi connectivity index (χ2v) is 5.53. The summed E-state index contributed by atoms with van der Waals surface area (Å²) in [6.45, 7) is 0. The molecule has 2 aliphatic carbocycles. The number of benzene rings is 1. The second kappa shape index (κ2) is 5.15. The van der Waals surface area contributed by atoms with E-state index in [0.717, 1.165) is 6.07 Å². The minimum Gasteiger partial charge on any atom is -0.550 e. The molecule has 3 rings (SSSR count). The van der Waals surface area contributed by atoms with E-state index in [2.05, 4.69) is 5.32 Å². The first-order valence-electron chi connectivity index (χ1n) is 6.73. The lowest BCUT2D eigenvalue weighted by Crippen LogP contribution is -2.43.